The van der Waals surface area contributed by atoms with E-state index in [1.165, 1.54) is 11.1 Å². The van der Waals surface area contributed by atoms with Gasteiger partial charge in [0, 0.05) is 25.0 Å². The lowest BCUT2D eigenvalue weighted by Gasteiger charge is -2.35. The first-order chi connectivity index (χ1) is 16.9. The van der Waals surface area contributed by atoms with Crippen LogP contribution in [0.3, 0.4) is 0 Å². The van der Waals surface area contributed by atoms with Crippen molar-refractivity contribution in [2.45, 2.75) is 70.5 Å². The van der Waals surface area contributed by atoms with Gasteiger partial charge in [-0.2, -0.15) is 0 Å². The van der Waals surface area contributed by atoms with Crippen LogP contribution in [-0.4, -0.2) is 29.1 Å². The Morgan fingerprint density at radius 1 is 0.943 bits per heavy atom. The van der Waals surface area contributed by atoms with Gasteiger partial charge < -0.3 is 20.8 Å². The predicted molar refractivity (Wildman–Crippen MR) is 133 cm³/mol. The number of hydrogen-bond donors (Lipinski definition) is 3. The van der Waals surface area contributed by atoms with Gasteiger partial charge in [0.25, 0.3) is 0 Å². The third kappa shape index (κ3) is 4.84. The smallest absolute Gasteiger partial charge is 0.231 e. The summed E-state index contributed by atoms with van der Waals surface area (Å²) in [4.78, 5) is 21.7. The minimum atomic E-state index is -0.720. The van der Waals surface area contributed by atoms with Crippen molar-refractivity contribution < 1.29 is 14.0 Å². The van der Waals surface area contributed by atoms with E-state index >= 15 is 0 Å². The van der Waals surface area contributed by atoms with Crippen LogP contribution >= 0.6 is 0 Å². The molecule has 0 bridgehead atoms. The summed E-state index contributed by atoms with van der Waals surface area (Å²) in [5.41, 5.74) is 12.4. The first-order valence-corrected chi connectivity index (χ1v) is 12.1. The van der Waals surface area contributed by atoms with Crippen molar-refractivity contribution in [2.24, 2.45) is 5.73 Å². The van der Waals surface area contributed by atoms with Crippen molar-refractivity contribution >= 4 is 12.8 Å². The number of fused-ring (bicyclic) bond motifs is 2. The van der Waals surface area contributed by atoms with Gasteiger partial charge in [-0.1, -0.05) is 50.2 Å². The second kappa shape index (κ2) is 10.4. The Balaban J connectivity index is 1.97. The van der Waals surface area contributed by atoms with E-state index in [0.29, 0.717) is 44.1 Å². The zero-order valence-electron chi connectivity index (χ0n) is 20.5. The van der Waals surface area contributed by atoms with Gasteiger partial charge in [-0.25, -0.2) is 0 Å². The van der Waals surface area contributed by atoms with Gasteiger partial charge >= 0.3 is 0 Å². The molecule has 4 rings (SSSR count). The molecule has 0 aliphatic heterocycles. The summed E-state index contributed by atoms with van der Waals surface area (Å²) in [7, 11) is 0. The largest absolute Gasteiger partial charge is 0.424 e. The van der Waals surface area contributed by atoms with E-state index in [-0.39, 0.29) is 12.0 Å². The lowest BCUT2D eigenvalue weighted by molar-refractivity contribution is -0.110. The van der Waals surface area contributed by atoms with Gasteiger partial charge in [-0.05, 0) is 59.6 Å². The number of carbonyl (C=O) groups is 2. The average molecular weight is 476 g/mol. The maximum atomic E-state index is 10.9. The number of amides is 2. The number of nitrogens with two attached hydrogens (primary N) is 1. The van der Waals surface area contributed by atoms with E-state index in [1.54, 1.807) is 0 Å². The Labute approximate surface area is 205 Å². The summed E-state index contributed by atoms with van der Waals surface area (Å²) in [6.07, 6.45) is 3.64. The first-order valence-electron chi connectivity index (χ1n) is 12.1. The van der Waals surface area contributed by atoms with Crippen molar-refractivity contribution in [3.8, 4) is 0 Å². The zero-order valence-corrected chi connectivity index (χ0v) is 20.5. The number of nitrogens with one attached hydrogen (secondary N) is 2. The molecule has 0 unspecified atom stereocenters. The molecule has 3 aromatic rings. The third-order valence-corrected chi connectivity index (χ3v) is 6.63. The van der Waals surface area contributed by atoms with Gasteiger partial charge in [-0.3, -0.25) is 9.59 Å². The SMILES string of the molecule is CC(C)c1nnc(C2(C[C@@H](C)N)c3ccc(CNC=O)cc3CCc3cc(CNC=O)ccc32)o1. The maximum Gasteiger partial charge on any atom is 0.231 e. The first kappa shape index (κ1) is 24.6. The van der Waals surface area contributed by atoms with Crippen LogP contribution < -0.4 is 16.4 Å². The standard InChI is InChI=1S/C27H33N5O3/c1-17(2)25-31-32-26(35-25)27(12-18(3)28)23-8-4-19(13-29-15-33)10-21(23)6-7-22-11-20(14-30-16-34)5-9-24(22)27/h4-5,8-11,15-18H,6-7,12-14,28H2,1-3H3,(H,29,33)(H,30,34)/t18-/m1/s1. The number of hydrogen-bond acceptors (Lipinski definition) is 6. The molecular formula is C27H33N5O3. The zero-order chi connectivity index (χ0) is 25.0. The van der Waals surface area contributed by atoms with Crippen LogP contribution in [0.15, 0.2) is 40.8 Å². The van der Waals surface area contributed by atoms with Gasteiger partial charge in [-0.15, -0.1) is 10.2 Å². The number of aryl methyl sites for hydroxylation is 2. The van der Waals surface area contributed by atoms with Crippen LogP contribution in [0.5, 0.6) is 0 Å². The van der Waals surface area contributed by atoms with E-state index in [9.17, 15) is 9.59 Å². The molecule has 8 nitrogen and oxygen atoms in total. The van der Waals surface area contributed by atoms with Crippen LogP contribution in [0, 0.1) is 0 Å². The van der Waals surface area contributed by atoms with E-state index < -0.39 is 5.41 Å². The fraction of sp³-hybridized carbons (Fsp3) is 0.407. The summed E-state index contributed by atoms with van der Waals surface area (Å²) in [5.74, 6) is 1.23. The molecule has 4 N–H and O–H groups in total. The van der Waals surface area contributed by atoms with Gasteiger partial charge in [0.05, 0.1) is 0 Å². The summed E-state index contributed by atoms with van der Waals surface area (Å²) in [6, 6.07) is 12.5. The highest BCUT2D eigenvalue weighted by molar-refractivity contribution is 5.56. The fourth-order valence-corrected chi connectivity index (χ4v) is 5.15. The van der Waals surface area contributed by atoms with Crippen molar-refractivity contribution in [3.05, 3.63) is 81.6 Å². The second-order valence-corrected chi connectivity index (χ2v) is 9.67. The van der Waals surface area contributed by atoms with Crippen LogP contribution in [0.4, 0.5) is 0 Å². The van der Waals surface area contributed by atoms with Gasteiger partial charge in [0.15, 0.2) is 0 Å². The number of benzene rings is 2. The van der Waals surface area contributed by atoms with Crippen LogP contribution in [0.2, 0.25) is 0 Å². The molecule has 0 saturated carbocycles. The number of nitrogens with zero attached hydrogens (tertiary/aromatic N) is 2. The minimum Gasteiger partial charge on any atom is -0.424 e. The maximum absolute atomic E-state index is 10.9. The van der Waals surface area contributed by atoms with Gasteiger partial charge in [0.1, 0.15) is 5.41 Å². The minimum absolute atomic E-state index is 0.0990. The summed E-state index contributed by atoms with van der Waals surface area (Å²) in [6.45, 7) is 6.98. The molecule has 1 heterocycles. The van der Waals surface area contributed by atoms with E-state index in [2.05, 4.69) is 45.1 Å². The summed E-state index contributed by atoms with van der Waals surface area (Å²) in [5, 5.41) is 14.5. The molecule has 2 aromatic carbocycles. The molecule has 2 amide bonds. The topological polar surface area (TPSA) is 123 Å². The van der Waals surface area contributed by atoms with Crippen molar-refractivity contribution in [1.29, 1.82) is 0 Å². The van der Waals surface area contributed by atoms with Gasteiger partial charge in [0.2, 0.25) is 24.6 Å². The Morgan fingerprint density at radius 3 is 1.91 bits per heavy atom. The lowest BCUT2D eigenvalue weighted by Crippen LogP contribution is -2.37. The molecule has 1 aliphatic carbocycles. The summed E-state index contributed by atoms with van der Waals surface area (Å²) >= 11 is 0. The van der Waals surface area contributed by atoms with Crippen molar-refractivity contribution in [1.82, 2.24) is 20.8 Å². The highest BCUT2D eigenvalue weighted by Crippen LogP contribution is 2.47. The Kier molecular flexibility index (Phi) is 7.31. The second-order valence-electron chi connectivity index (χ2n) is 9.67. The molecule has 1 aromatic heterocycles. The Bertz CT molecular complexity index is 1140. The fourth-order valence-electron chi connectivity index (χ4n) is 5.15. The quantitative estimate of drug-likeness (QED) is 0.388. The molecule has 1 aliphatic rings. The lowest BCUT2D eigenvalue weighted by atomic mass is 9.68. The van der Waals surface area contributed by atoms with Crippen LogP contribution in [0.1, 0.15) is 78.3 Å². The number of aromatic nitrogens is 2. The molecule has 0 spiro atoms. The van der Waals surface area contributed by atoms with Crippen LogP contribution in [0.25, 0.3) is 0 Å². The highest BCUT2D eigenvalue weighted by atomic mass is 16.4. The molecule has 35 heavy (non-hydrogen) atoms. The predicted octanol–water partition coefficient (Wildman–Crippen LogP) is 2.86. The van der Waals surface area contributed by atoms with E-state index in [1.807, 2.05) is 32.9 Å². The van der Waals surface area contributed by atoms with Crippen molar-refractivity contribution in [3.63, 3.8) is 0 Å². The molecule has 0 saturated heterocycles. The molecule has 184 valence electrons. The van der Waals surface area contributed by atoms with E-state index in [0.717, 1.165) is 35.1 Å². The van der Waals surface area contributed by atoms with Crippen molar-refractivity contribution in [2.75, 3.05) is 0 Å². The molecule has 0 fully saturated rings. The number of carbonyl (C=O) groups excluding carboxylic acids is 2. The molecule has 1 atom stereocenters. The monoisotopic (exact) mass is 475 g/mol. The third-order valence-electron chi connectivity index (χ3n) is 6.63. The number of rotatable bonds is 10. The van der Waals surface area contributed by atoms with Crippen LogP contribution in [-0.2, 0) is 40.9 Å². The average Bonchev–Trinajstić information content (AvgIpc) is 3.30. The molecular weight excluding hydrogens is 442 g/mol. The Hall–Kier alpha value is -3.52. The molecule has 8 heteroatoms. The highest BCUT2D eigenvalue weighted by Gasteiger charge is 2.46. The normalized spacial score (nSPS) is 15.0. The van der Waals surface area contributed by atoms with E-state index in [4.69, 9.17) is 10.2 Å². The summed E-state index contributed by atoms with van der Waals surface area (Å²) < 4.78 is 6.35. The molecule has 0 radical (unpaired) electrons. The Morgan fingerprint density at radius 2 is 1.49 bits per heavy atom.